The van der Waals surface area contributed by atoms with Crippen LogP contribution in [0.5, 0.6) is 0 Å². The van der Waals surface area contributed by atoms with E-state index in [0.29, 0.717) is 10.2 Å². The Balaban J connectivity index is 2.22. The Labute approximate surface area is 136 Å². The molecule has 0 fully saturated rings. The summed E-state index contributed by atoms with van der Waals surface area (Å²) < 4.78 is 29.1. The van der Waals surface area contributed by atoms with Gasteiger partial charge < -0.3 is 9.84 Å². The Hall–Kier alpha value is -1.67. The van der Waals surface area contributed by atoms with E-state index >= 15 is 0 Å². The molecule has 2 aromatic rings. The van der Waals surface area contributed by atoms with Crippen molar-refractivity contribution in [1.82, 2.24) is 10.5 Å². The van der Waals surface area contributed by atoms with Gasteiger partial charge in [-0.1, -0.05) is 12.1 Å². The third kappa shape index (κ3) is 3.56. The summed E-state index contributed by atoms with van der Waals surface area (Å²) in [5.41, 5.74) is 1.72. The van der Waals surface area contributed by atoms with E-state index in [2.05, 4.69) is 26.4 Å². The number of amides is 1. The van der Waals surface area contributed by atoms with E-state index in [1.54, 1.807) is 13.0 Å². The average molecular weight is 387 g/mol. The summed E-state index contributed by atoms with van der Waals surface area (Å²) in [4.78, 5) is 12.4. The molecule has 0 aliphatic rings. The molecule has 0 aliphatic heterocycles. The Morgan fingerprint density at radius 2 is 2.14 bits per heavy atom. The topological polar surface area (TPSA) is 89.3 Å². The first-order chi connectivity index (χ1) is 10.3. The number of hydrogen-bond acceptors (Lipinski definition) is 5. The summed E-state index contributed by atoms with van der Waals surface area (Å²) in [6.07, 6.45) is 1.49. The van der Waals surface area contributed by atoms with E-state index < -0.39 is 9.84 Å². The van der Waals surface area contributed by atoms with Crippen LogP contribution < -0.4 is 5.32 Å². The van der Waals surface area contributed by atoms with Crippen LogP contribution in [0.1, 0.15) is 28.5 Å². The predicted molar refractivity (Wildman–Crippen MR) is 84.3 cm³/mol. The molecule has 1 N–H and O–H groups in total. The van der Waals surface area contributed by atoms with E-state index in [4.69, 9.17) is 4.52 Å². The molecule has 6 nitrogen and oxygen atoms in total. The number of carbonyl (C=O) groups is 1. The van der Waals surface area contributed by atoms with Gasteiger partial charge >= 0.3 is 0 Å². The molecule has 1 amide bonds. The van der Waals surface area contributed by atoms with Crippen molar-refractivity contribution in [2.24, 2.45) is 0 Å². The number of rotatable bonds is 5. The highest BCUT2D eigenvalue weighted by Crippen LogP contribution is 2.22. The standard InChI is InChI=1S/C14H15BrN2O4S/c1-3-22(19,20)10-4-5-12(15)11(6-10)14(18)16-7-13-9(2)8-21-17-13/h4-6,8H,3,7H2,1-2H3,(H,16,18). The van der Waals surface area contributed by atoms with Gasteiger partial charge in [-0.25, -0.2) is 8.42 Å². The van der Waals surface area contributed by atoms with Crippen molar-refractivity contribution in [2.45, 2.75) is 25.3 Å². The summed E-state index contributed by atoms with van der Waals surface area (Å²) in [7, 11) is -3.36. The third-order valence-corrected chi connectivity index (χ3v) is 5.61. The lowest BCUT2D eigenvalue weighted by molar-refractivity contribution is 0.0949. The quantitative estimate of drug-likeness (QED) is 0.852. The molecule has 0 saturated carbocycles. The van der Waals surface area contributed by atoms with Crippen LogP contribution in [0.15, 0.2) is 38.4 Å². The number of aromatic nitrogens is 1. The maximum Gasteiger partial charge on any atom is 0.252 e. The summed E-state index contributed by atoms with van der Waals surface area (Å²) >= 11 is 3.26. The molecule has 1 aromatic heterocycles. The molecule has 8 heteroatoms. The van der Waals surface area contributed by atoms with Gasteiger partial charge in [-0.15, -0.1) is 0 Å². The van der Waals surface area contributed by atoms with Crippen molar-refractivity contribution in [2.75, 3.05) is 5.75 Å². The van der Waals surface area contributed by atoms with Crippen LogP contribution in [0.4, 0.5) is 0 Å². The van der Waals surface area contributed by atoms with Gasteiger partial charge in [-0.05, 0) is 41.1 Å². The molecule has 0 spiro atoms. The van der Waals surface area contributed by atoms with Crippen LogP contribution in [0.2, 0.25) is 0 Å². The highest BCUT2D eigenvalue weighted by atomic mass is 79.9. The molecule has 0 saturated heterocycles. The van der Waals surface area contributed by atoms with Crippen LogP contribution >= 0.6 is 15.9 Å². The first kappa shape index (κ1) is 16.7. The maximum absolute atomic E-state index is 12.2. The molecule has 0 atom stereocenters. The van der Waals surface area contributed by atoms with E-state index in [1.807, 2.05) is 6.92 Å². The normalized spacial score (nSPS) is 11.4. The minimum atomic E-state index is -3.36. The minimum absolute atomic E-state index is 0.0200. The van der Waals surface area contributed by atoms with Gasteiger partial charge in [0, 0.05) is 10.0 Å². The molecule has 0 radical (unpaired) electrons. The van der Waals surface area contributed by atoms with Crippen molar-refractivity contribution in [3.8, 4) is 0 Å². The van der Waals surface area contributed by atoms with Crippen molar-refractivity contribution in [3.63, 3.8) is 0 Å². The van der Waals surface area contributed by atoms with Gasteiger partial charge in [0.15, 0.2) is 9.84 Å². The second-order valence-electron chi connectivity index (χ2n) is 4.67. The number of carbonyl (C=O) groups excluding carboxylic acids is 1. The molecular formula is C14H15BrN2O4S. The van der Waals surface area contributed by atoms with Crippen LogP contribution in [0, 0.1) is 6.92 Å². The van der Waals surface area contributed by atoms with Crippen molar-refractivity contribution in [1.29, 1.82) is 0 Å². The van der Waals surface area contributed by atoms with Crippen LogP contribution in [-0.2, 0) is 16.4 Å². The van der Waals surface area contributed by atoms with Crippen LogP contribution in [0.3, 0.4) is 0 Å². The summed E-state index contributed by atoms with van der Waals surface area (Å²) in [5.74, 6) is -0.407. The fourth-order valence-electron chi connectivity index (χ4n) is 1.78. The predicted octanol–water partition coefficient (Wildman–Crippen LogP) is 2.47. The second-order valence-corrected chi connectivity index (χ2v) is 7.80. The van der Waals surface area contributed by atoms with Crippen LogP contribution in [0.25, 0.3) is 0 Å². The SMILES string of the molecule is CCS(=O)(=O)c1ccc(Br)c(C(=O)NCc2nocc2C)c1. The lowest BCUT2D eigenvalue weighted by Crippen LogP contribution is -2.24. The molecule has 0 bridgehead atoms. The second kappa shape index (κ2) is 6.62. The first-order valence-corrected chi connectivity index (χ1v) is 9.00. The van der Waals surface area contributed by atoms with E-state index in [9.17, 15) is 13.2 Å². The maximum atomic E-state index is 12.2. The van der Waals surface area contributed by atoms with Gasteiger partial charge in [0.2, 0.25) is 0 Å². The number of hydrogen-bond donors (Lipinski definition) is 1. The number of sulfone groups is 1. The van der Waals surface area contributed by atoms with Crippen LogP contribution in [-0.4, -0.2) is 25.2 Å². The van der Waals surface area contributed by atoms with Crippen molar-refractivity contribution >= 4 is 31.7 Å². The fraction of sp³-hybridized carbons (Fsp3) is 0.286. The van der Waals surface area contributed by atoms with Crippen molar-refractivity contribution < 1.29 is 17.7 Å². The zero-order valence-electron chi connectivity index (χ0n) is 12.1. The fourth-order valence-corrected chi connectivity index (χ4v) is 3.11. The number of halogens is 1. The molecule has 1 aromatic carbocycles. The minimum Gasteiger partial charge on any atom is -0.364 e. The molecule has 118 valence electrons. The van der Waals surface area contributed by atoms with Gasteiger partial charge in [0.1, 0.15) is 12.0 Å². The number of aryl methyl sites for hydroxylation is 1. The smallest absolute Gasteiger partial charge is 0.252 e. The Morgan fingerprint density at radius 3 is 2.73 bits per heavy atom. The molecule has 22 heavy (non-hydrogen) atoms. The Morgan fingerprint density at radius 1 is 1.41 bits per heavy atom. The summed E-state index contributed by atoms with van der Waals surface area (Å²) in [6, 6.07) is 4.40. The average Bonchev–Trinajstić information content (AvgIpc) is 2.90. The lowest BCUT2D eigenvalue weighted by atomic mass is 10.2. The van der Waals surface area contributed by atoms with Gasteiger partial charge in [0.25, 0.3) is 5.91 Å². The molecule has 2 rings (SSSR count). The molecule has 1 heterocycles. The van der Waals surface area contributed by atoms with Gasteiger partial charge in [0.05, 0.1) is 22.8 Å². The lowest BCUT2D eigenvalue weighted by Gasteiger charge is -2.08. The van der Waals surface area contributed by atoms with E-state index in [0.717, 1.165) is 5.56 Å². The molecule has 0 aliphatic carbocycles. The Kier molecular flexibility index (Phi) is 5.02. The molecule has 0 unspecified atom stereocenters. The Bertz CT molecular complexity index is 799. The summed E-state index contributed by atoms with van der Waals surface area (Å²) in [5, 5.41) is 6.47. The first-order valence-electron chi connectivity index (χ1n) is 6.55. The largest absolute Gasteiger partial charge is 0.364 e. The third-order valence-electron chi connectivity index (χ3n) is 3.19. The van der Waals surface area contributed by atoms with E-state index in [-0.39, 0.29) is 28.7 Å². The zero-order chi connectivity index (χ0) is 16.3. The van der Waals surface area contributed by atoms with Crippen molar-refractivity contribution in [3.05, 3.63) is 45.8 Å². The van der Waals surface area contributed by atoms with Gasteiger partial charge in [-0.3, -0.25) is 4.79 Å². The molecular weight excluding hydrogens is 372 g/mol. The highest BCUT2D eigenvalue weighted by molar-refractivity contribution is 9.10. The number of nitrogens with one attached hydrogen (secondary N) is 1. The van der Waals surface area contributed by atoms with E-state index in [1.165, 1.54) is 18.4 Å². The number of benzene rings is 1. The highest BCUT2D eigenvalue weighted by Gasteiger charge is 2.17. The van der Waals surface area contributed by atoms with Gasteiger partial charge in [-0.2, -0.15) is 0 Å². The monoisotopic (exact) mass is 386 g/mol. The number of nitrogens with zero attached hydrogens (tertiary/aromatic N) is 1. The zero-order valence-corrected chi connectivity index (χ0v) is 14.5. The summed E-state index contributed by atoms with van der Waals surface area (Å²) in [6.45, 7) is 3.59.